The fourth-order valence-electron chi connectivity index (χ4n) is 2.08. The van der Waals surface area contributed by atoms with Crippen LogP contribution in [0.5, 0.6) is 0 Å². The van der Waals surface area contributed by atoms with Crippen molar-refractivity contribution in [2.75, 3.05) is 6.61 Å². The first-order valence-corrected chi connectivity index (χ1v) is 9.97. The molecule has 0 rings (SSSR count). The molecule has 0 spiro atoms. The van der Waals surface area contributed by atoms with Crippen LogP contribution < -0.4 is 0 Å². The Morgan fingerprint density at radius 1 is 0.704 bits per heavy atom. The third-order valence-corrected chi connectivity index (χ3v) is 3.51. The highest BCUT2D eigenvalue weighted by Crippen LogP contribution is 1.99. The van der Waals surface area contributed by atoms with Gasteiger partial charge in [-0.3, -0.25) is 0 Å². The van der Waals surface area contributed by atoms with Gasteiger partial charge in [0.05, 0.1) is 6.61 Å². The van der Waals surface area contributed by atoms with Crippen molar-refractivity contribution in [2.24, 2.45) is 0 Å². The van der Waals surface area contributed by atoms with Gasteiger partial charge in [-0.05, 0) is 45.4 Å². The van der Waals surface area contributed by atoms with Gasteiger partial charge in [0, 0.05) is 6.42 Å². The molecule has 0 amide bonds. The zero-order chi connectivity index (χ0) is 20.0. The van der Waals surface area contributed by atoms with Crippen molar-refractivity contribution in [2.45, 2.75) is 64.9 Å². The maximum Gasteiger partial charge on any atom is 0.335 e. The molecule has 0 saturated carbocycles. The molecule has 1 unspecified atom stereocenters. The van der Waals surface area contributed by atoms with E-state index in [4.69, 9.17) is 4.74 Å². The van der Waals surface area contributed by atoms with Gasteiger partial charge in [-0.1, -0.05) is 79.8 Å². The lowest BCUT2D eigenvalue weighted by Gasteiger charge is -2.05. The second-order valence-electron chi connectivity index (χ2n) is 5.92. The standard InChI is InChI=1S/C24H36O3/c1-3-5-6-7-8-9-10-11-12-13-14-15-16-17-18-19-20-21-22-23(25)24(26)27-4-2/h5-6,8-9,11-12,14-15,17-18,20-21,23,25H,3-4,7,10,13,16,19,22H2,1-2H3. The molecule has 0 bridgehead atoms. The number of hydrogen-bond acceptors (Lipinski definition) is 3. The number of aliphatic hydroxyl groups excluding tert-OH is 1. The average Bonchev–Trinajstić information content (AvgIpc) is 2.67. The van der Waals surface area contributed by atoms with Gasteiger partial charge in [0.15, 0.2) is 6.10 Å². The molecular formula is C24H36O3. The predicted molar refractivity (Wildman–Crippen MR) is 115 cm³/mol. The second kappa shape index (κ2) is 20.2. The summed E-state index contributed by atoms with van der Waals surface area (Å²) in [5.41, 5.74) is 0. The first kappa shape index (κ1) is 24.9. The summed E-state index contributed by atoms with van der Waals surface area (Å²) in [5.74, 6) is -0.558. The fourth-order valence-corrected chi connectivity index (χ4v) is 2.08. The largest absolute Gasteiger partial charge is 0.464 e. The second-order valence-corrected chi connectivity index (χ2v) is 5.92. The molecule has 1 atom stereocenters. The van der Waals surface area contributed by atoms with E-state index in [1.54, 1.807) is 13.0 Å². The van der Waals surface area contributed by atoms with Crippen molar-refractivity contribution < 1.29 is 14.6 Å². The summed E-state index contributed by atoms with van der Waals surface area (Å²) in [5, 5.41) is 9.52. The minimum atomic E-state index is -1.06. The van der Waals surface area contributed by atoms with Crippen LogP contribution in [-0.2, 0) is 9.53 Å². The lowest BCUT2D eigenvalue weighted by atomic mass is 10.2. The lowest BCUT2D eigenvalue weighted by molar-refractivity contribution is -0.152. The normalized spacial score (nSPS) is 14.0. The molecule has 150 valence electrons. The molecule has 0 aliphatic rings. The number of aliphatic hydroxyl groups is 1. The van der Waals surface area contributed by atoms with Crippen LogP contribution in [0.2, 0.25) is 0 Å². The van der Waals surface area contributed by atoms with Gasteiger partial charge in [0.1, 0.15) is 0 Å². The Kier molecular flexibility index (Phi) is 18.6. The highest BCUT2D eigenvalue weighted by atomic mass is 16.5. The van der Waals surface area contributed by atoms with E-state index in [-0.39, 0.29) is 0 Å². The molecule has 0 aliphatic heterocycles. The number of esters is 1. The van der Waals surface area contributed by atoms with Gasteiger partial charge in [0.2, 0.25) is 0 Å². The summed E-state index contributed by atoms with van der Waals surface area (Å²) in [6.45, 7) is 4.16. The molecule has 3 nitrogen and oxygen atoms in total. The van der Waals surface area contributed by atoms with Crippen molar-refractivity contribution in [3.05, 3.63) is 72.9 Å². The van der Waals surface area contributed by atoms with Gasteiger partial charge in [-0.15, -0.1) is 0 Å². The molecule has 0 aliphatic carbocycles. The third-order valence-electron chi connectivity index (χ3n) is 3.51. The van der Waals surface area contributed by atoms with Gasteiger partial charge in [0.25, 0.3) is 0 Å². The Hall–Kier alpha value is -2.13. The van der Waals surface area contributed by atoms with Crippen molar-refractivity contribution in [1.82, 2.24) is 0 Å². The van der Waals surface area contributed by atoms with Crippen LogP contribution in [0.3, 0.4) is 0 Å². The average molecular weight is 373 g/mol. The molecule has 0 fully saturated rings. The van der Waals surface area contributed by atoms with Crippen LogP contribution in [0.15, 0.2) is 72.9 Å². The van der Waals surface area contributed by atoms with Crippen molar-refractivity contribution >= 4 is 5.97 Å². The van der Waals surface area contributed by atoms with E-state index < -0.39 is 12.1 Å². The zero-order valence-corrected chi connectivity index (χ0v) is 16.9. The lowest BCUT2D eigenvalue weighted by Crippen LogP contribution is -2.22. The predicted octanol–water partition coefficient (Wildman–Crippen LogP) is 6.00. The minimum Gasteiger partial charge on any atom is -0.464 e. The van der Waals surface area contributed by atoms with Crippen LogP contribution in [0.4, 0.5) is 0 Å². The topological polar surface area (TPSA) is 46.5 Å². The van der Waals surface area contributed by atoms with E-state index in [0.29, 0.717) is 13.0 Å². The molecular weight excluding hydrogens is 336 g/mol. The first-order chi connectivity index (χ1) is 13.2. The van der Waals surface area contributed by atoms with Gasteiger partial charge >= 0.3 is 5.97 Å². The quantitative estimate of drug-likeness (QED) is 0.283. The van der Waals surface area contributed by atoms with Crippen molar-refractivity contribution in [1.29, 1.82) is 0 Å². The minimum absolute atomic E-state index is 0.291. The Labute approximate surface area is 165 Å². The van der Waals surface area contributed by atoms with E-state index in [2.05, 4.69) is 67.7 Å². The van der Waals surface area contributed by atoms with Crippen molar-refractivity contribution in [3.63, 3.8) is 0 Å². The van der Waals surface area contributed by atoms with Gasteiger partial charge in [-0.25, -0.2) is 4.79 Å². The number of carbonyl (C=O) groups excluding carboxylic acids is 1. The van der Waals surface area contributed by atoms with Crippen LogP contribution in [0.1, 0.15) is 58.8 Å². The summed E-state index contributed by atoms with van der Waals surface area (Å²) < 4.78 is 4.74. The molecule has 1 N–H and O–H groups in total. The van der Waals surface area contributed by atoms with Crippen LogP contribution in [0, 0.1) is 0 Å². The SMILES string of the molecule is CCC=CCC=CCC=CCC=CCC=CCC=CCC(O)C(=O)OCC. The highest BCUT2D eigenvalue weighted by molar-refractivity contribution is 5.74. The van der Waals surface area contributed by atoms with Crippen molar-refractivity contribution in [3.8, 4) is 0 Å². The molecule has 0 aromatic heterocycles. The maximum absolute atomic E-state index is 11.2. The Morgan fingerprint density at radius 2 is 1.07 bits per heavy atom. The monoisotopic (exact) mass is 372 g/mol. The highest BCUT2D eigenvalue weighted by Gasteiger charge is 2.13. The molecule has 3 heteroatoms. The Balaban J connectivity index is 3.65. The van der Waals surface area contributed by atoms with E-state index >= 15 is 0 Å². The number of ether oxygens (including phenoxy) is 1. The molecule has 27 heavy (non-hydrogen) atoms. The summed E-state index contributed by atoms with van der Waals surface area (Å²) in [6, 6.07) is 0. The molecule has 0 radical (unpaired) electrons. The fraction of sp³-hybridized carbons (Fsp3) is 0.458. The maximum atomic E-state index is 11.2. The smallest absolute Gasteiger partial charge is 0.335 e. The van der Waals surface area contributed by atoms with Gasteiger partial charge in [-0.2, -0.15) is 0 Å². The van der Waals surface area contributed by atoms with E-state index in [1.807, 2.05) is 6.08 Å². The molecule has 0 saturated heterocycles. The number of rotatable bonds is 15. The molecule has 0 aromatic carbocycles. The van der Waals surface area contributed by atoms with Crippen LogP contribution >= 0.6 is 0 Å². The number of allylic oxidation sites excluding steroid dienone is 11. The number of carbonyl (C=O) groups is 1. The Morgan fingerprint density at radius 3 is 1.44 bits per heavy atom. The van der Waals surface area contributed by atoms with Gasteiger partial charge < -0.3 is 9.84 Å². The first-order valence-electron chi connectivity index (χ1n) is 9.97. The zero-order valence-electron chi connectivity index (χ0n) is 16.9. The summed E-state index contributed by atoms with van der Waals surface area (Å²) >= 11 is 0. The summed E-state index contributed by atoms with van der Waals surface area (Å²) in [4.78, 5) is 11.2. The third kappa shape index (κ3) is 18.5. The Bertz CT molecular complexity index is 522. The summed E-state index contributed by atoms with van der Waals surface area (Å²) in [6.07, 6.45) is 30.4. The van der Waals surface area contributed by atoms with E-state index in [1.165, 1.54) is 0 Å². The summed E-state index contributed by atoms with van der Waals surface area (Å²) in [7, 11) is 0. The van der Waals surface area contributed by atoms with E-state index in [9.17, 15) is 9.90 Å². The van der Waals surface area contributed by atoms with E-state index in [0.717, 1.165) is 38.5 Å². The molecule has 0 aromatic rings. The number of hydrogen-bond donors (Lipinski definition) is 1. The molecule has 0 heterocycles. The van der Waals surface area contributed by atoms with Crippen LogP contribution in [0.25, 0.3) is 0 Å². The van der Waals surface area contributed by atoms with Crippen LogP contribution in [-0.4, -0.2) is 23.8 Å².